The molecule has 2 unspecified atom stereocenters. The third kappa shape index (κ3) is 2.35. The molecule has 0 radical (unpaired) electrons. The first kappa shape index (κ1) is 13.5. The van der Waals surface area contributed by atoms with Gasteiger partial charge in [0.1, 0.15) is 5.75 Å². The Morgan fingerprint density at radius 3 is 3.00 bits per heavy atom. The number of fused-ring (bicyclic) bond motifs is 1. The van der Waals surface area contributed by atoms with E-state index in [0.717, 1.165) is 23.3 Å². The molecule has 2 heterocycles. The van der Waals surface area contributed by atoms with Gasteiger partial charge in [0.25, 0.3) is 0 Å². The first-order chi connectivity index (χ1) is 10.1. The van der Waals surface area contributed by atoms with Gasteiger partial charge in [0, 0.05) is 12.0 Å². The average molecular weight is 288 g/mol. The SMILES string of the molecule is CC(C(=O)O)C(C)n1nnnc1-c1ccc2c(c1)CCO2. The van der Waals surface area contributed by atoms with Gasteiger partial charge >= 0.3 is 5.97 Å². The summed E-state index contributed by atoms with van der Waals surface area (Å²) in [5.74, 6) is 0.0198. The van der Waals surface area contributed by atoms with E-state index in [1.165, 1.54) is 0 Å². The molecule has 0 spiro atoms. The third-order valence-electron chi connectivity index (χ3n) is 3.94. The smallest absolute Gasteiger partial charge is 0.308 e. The molecule has 1 N–H and O–H groups in total. The lowest BCUT2D eigenvalue weighted by atomic mass is 10.0. The van der Waals surface area contributed by atoms with Crippen LogP contribution in [0.15, 0.2) is 18.2 Å². The number of nitrogens with zero attached hydrogens (tertiary/aromatic N) is 4. The molecule has 0 bridgehead atoms. The van der Waals surface area contributed by atoms with Crippen LogP contribution in [-0.2, 0) is 11.2 Å². The van der Waals surface area contributed by atoms with Crippen molar-refractivity contribution in [2.75, 3.05) is 6.61 Å². The van der Waals surface area contributed by atoms with Crippen LogP contribution in [0, 0.1) is 5.92 Å². The first-order valence-electron chi connectivity index (χ1n) is 6.84. The van der Waals surface area contributed by atoms with Gasteiger partial charge in [-0.25, -0.2) is 4.68 Å². The summed E-state index contributed by atoms with van der Waals surface area (Å²) >= 11 is 0. The first-order valence-corrected chi connectivity index (χ1v) is 6.84. The zero-order valence-electron chi connectivity index (χ0n) is 11.9. The van der Waals surface area contributed by atoms with Gasteiger partial charge < -0.3 is 9.84 Å². The molecular weight excluding hydrogens is 272 g/mol. The highest BCUT2D eigenvalue weighted by Gasteiger charge is 2.25. The summed E-state index contributed by atoms with van der Waals surface area (Å²) in [6, 6.07) is 5.46. The van der Waals surface area contributed by atoms with Crippen LogP contribution in [0.1, 0.15) is 25.5 Å². The van der Waals surface area contributed by atoms with Gasteiger partial charge in [0.15, 0.2) is 5.82 Å². The predicted octanol–water partition coefficient (Wildman–Crippen LogP) is 1.56. The molecule has 1 aromatic heterocycles. The Bertz CT molecular complexity index is 683. The second-order valence-corrected chi connectivity index (χ2v) is 5.24. The van der Waals surface area contributed by atoms with E-state index in [-0.39, 0.29) is 6.04 Å². The summed E-state index contributed by atoms with van der Waals surface area (Å²) in [6.45, 7) is 4.14. The van der Waals surface area contributed by atoms with E-state index >= 15 is 0 Å². The van der Waals surface area contributed by atoms with Crippen LogP contribution >= 0.6 is 0 Å². The fourth-order valence-electron chi connectivity index (χ4n) is 2.40. The maximum absolute atomic E-state index is 11.1. The maximum Gasteiger partial charge on any atom is 0.308 e. The maximum atomic E-state index is 11.1. The molecule has 0 fully saturated rings. The van der Waals surface area contributed by atoms with Crippen molar-refractivity contribution >= 4 is 5.97 Å². The predicted molar refractivity (Wildman–Crippen MR) is 74.0 cm³/mol. The Labute approximate surface area is 121 Å². The van der Waals surface area contributed by atoms with Crippen LogP contribution in [-0.4, -0.2) is 37.9 Å². The highest BCUT2D eigenvalue weighted by molar-refractivity contribution is 5.70. The third-order valence-corrected chi connectivity index (χ3v) is 3.94. The van der Waals surface area contributed by atoms with E-state index in [2.05, 4.69) is 15.5 Å². The Morgan fingerprint density at radius 2 is 2.24 bits per heavy atom. The molecular formula is C14H16N4O3. The van der Waals surface area contributed by atoms with Crippen LogP contribution in [0.25, 0.3) is 11.4 Å². The van der Waals surface area contributed by atoms with E-state index in [1.807, 2.05) is 18.2 Å². The fourth-order valence-corrected chi connectivity index (χ4v) is 2.40. The Hall–Kier alpha value is -2.44. The number of carbonyl (C=O) groups is 1. The van der Waals surface area contributed by atoms with Crippen molar-refractivity contribution in [3.8, 4) is 17.1 Å². The lowest BCUT2D eigenvalue weighted by Gasteiger charge is -2.17. The number of hydrogen-bond acceptors (Lipinski definition) is 5. The minimum Gasteiger partial charge on any atom is -0.493 e. The topological polar surface area (TPSA) is 90.1 Å². The lowest BCUT2D eigenvalue weighted by molar-refractivity contribution is -0.142. The molecule has 2 atom stereocenters. The highest BCUT2D eigenvalue weighted by Crippen LogP contribution is 2.31. The number of tetrazole rings is 1. The van der Waals surface area contributed by atoms with Crippen molar-refractivity contribution in [2.24, 2.45) is 5.92 Å². The minimum absolute atomic E-state index is 0.336. The van der Waals surface area contributed by atoms with Crippen molar-refractivity contribution in [2.45, 2.75) is 26.3 Å². The standard InChI is InChI=1S/C14H16N4O3/c1-8(14(19)20)9(2)18-13(15-16-17-18)11-3-4-12-10(7-11)5-6-21-12/h3-4,7-9H,5-6H2,1-2H3,(H,19,20). The van der Waals surface area contributed by atoms with E-state index in [0.29, 0.717) is 12.4 Å². The van der Waals surface area contributed by atoms with E-state index in [4.69, 9.17) is 9.84 Å². The van der Waals surface area contributed by atoms with Gasteiger partial charge in [-0.2, -0.15) is 0 Å². The van der Waals surface area contributed by atoms with Crippen molar-refractivity contribution in [1.29, 1.82) is 0 Å². The molecule has 1 aromatic carbocycles. The van der Waals surface area contributed by atoms with Gasteiger partial charge in [-0.1, -0.05) is 0 Å². The molecule has 0 saturated carbocycles. The summed E-state index contributed by atoms with van der Waals surface area (Å²) in [7, 11) is 0. The van der Waals surface area contributed by atoms with Gasteiger partial charge in [-0.15, -0.1) is 5.10 Å². The van der Waals surface area contributed by atoms with Gasteiger partial charge in [-0.3, -0.25) is 4.79 Å². The molecule has 3 rings (SSSR count). The molecule has 110 valence electrons. The molecule has 1 aliphatic rings. The normalized spacial score (nSPS) is 16.1. The molecule has 7 heteroatoms. The number of aromatic nitrogens is 4. The van der Waals surface area contributed by atoms with E-state index in [1.54, 1.807) is 18.5 Å². The summed E-state index contributed by atoms with van der Waals surface area (Å²) in [5, 5.41) is 20.8. The summed E-state index contributed by atoms with van der Waals surface area (Å²) in [5.41, 5.74) is 2.00. The van der Waals surface area contributed by atoms with Crippen LogP contribution in [0.5, 0.6) is 5.75 Å². The highest BCUT2D eigenvalue weighted by atomic mass is 16.5. The number of carboxylic acids is 1. The zero-order chi connectivity index (χ0) is 15.0. The van der Waals surface area contributed by atoms with Gasteiger partial charge in [0.2, 0.25) is 0 Å². The van der Waals surface area contributed by atoms with Crippen molar-refractivity contribution in [3.63, 3.8) is 0 Å². The quantitative estimate of drug-likeness (QED) is 0.918. The molecule has 0 aliphatic carbocycles. The zero-order valence-corrected chi connectivity index (χ0v) is 11.9. The monoisotopic (exact) mass is 288 g/mol. The summed E-state index contributed by atoms with van der Waals surface area (Å²) < 4.78 is 7.05. The van der Waals surface area contributed by atoms with Crippen molar-refractivity contribution in [3.05, 3.63) is 23.8 Å². The molecule has 0 amide bonds. The number of aliphatic carboxylic acids is 1. The Kier molecular flexibility index (Phi) is 3.32. The number of carboxylic acid groups (broad SMARTS) is 1. The van der Waals surface area contributed by atoms with Gasteiger partial charge in [0.05, 0.1) is 18.6 Å². The number of rotatable bonds is 4. The Morgan fingerprint density at radius 1 is 1.43 bits per heavy atom. The second-order valence-electron chi connectivity index (χ2n) is 5.24. The van der Waals surface area contributed by atoms with Gasteiger partial charge in [-0.05, 0) is 48.0 Å². The molecule has 21 heavy (non-hydrogen) atoms. The average Bonchev–Trinajstić information content (AvgIpc) is 3.13. The van der Waals surface area contributed by atoms with Crippen molar-refractivity contribution < 1.29 is 14.6 Å². The minimum atomic E-state index is -0.869. The summed E-state index contributed by atoms with van der Waals surface area (Å²) in [6.07, 6.45) is 0.867. The van der Waals surface area contributed by atoms with E-state index in [9.17, 15) is 4.79 Å². The van der Waals surface area contributed by atoms with E-state index < -0.39 is 11.9 Å². The molecule has 1 aliphatic heterocycles. The largest absolute Gasteiger partial charge is 0.493 e. The summed E-state index contributed by atoms with van der Waals surface area (Å²) in [4.78, 5) is 11.1. The van der Waals surface area contributed by atoms with Crippen LogP contribution < -0.4 is 4.74 Å². The van der Waals surface area contributed by atoms with Crippen LogP contribution in [0.4, 0.5) is 0 Å². The Balaban J connectivity index is 1.97. The van der Waals surface area contributed by atoms with Crippen LogP contribution in [0.2, 0.25) is 0 Å². The number of ether oxygens (including phenoxy) is 1. The number of benzene rings is 1. The lowest BCUT2D eigenvalue weighted by Crippen LogP contribution is -2.23. The molecule has 0 saturated heterocycles. The molecule has 7 nitrogen and oxygen atoms in total. The number of hydrogen-bond donors (Lipinski definition) is 1. The second kappa shape index (κ2) is 5.16. The van der Waals surface area contributed by atoms with Crippen LogP contribution in [0.3, 0.4) is 0 Å². The molecule has 2 aromatic rings. The van der Waals surface area contributed by atoms with Crippen molar-refractivity contribution in [1.82, 2.24) is 20.2 Å². The fraction of sp³-hybridized carbons (Fsp3) is 0.429.